The summed E-state index contributed by atoms with van der Waals surface area (Å²) >= 11 is 0. The summed E-state index contributed by atoms with van der Waals surface area (Å²) in [6.45, 7) is 8.46. The van der Waals surface area contributed by atoms with Crippen molar-refractivity contribution in [1.29, 1.82) is 0 Å². The molecule has 0 aromatic heterocycles. The average molecular weight is 412 g/mol. The van der Waals surface area contributed by atoms with Crippen LogP contribution in [0, 0.1) is 28.6 Å². The van der Waals surface area contributed by atoms with Gasteiger partial charge in [0.2, 0.25) is 0 Å². The van der Waals surface area contributed by atoms with Gasteiger partial charge in [0.15, 0.2) is 5.78 Å². The molecule has 6 unspecified atom stereocenters. The van der Waals surface area contributed by atoms with Gasteiger partial charge < -0.3 is 9.64 Å². The summed E-state index contributed by atoms with van der Waals surface area (Å²) in [6.07, 6.45) is 14.5. The molecule has 0 amide bonds. The van der Waals surface area contributed by atoms with Crippen molar-refractivity contribution in [2.75, 3.05) is 13.1 Å². The van der Waals surface area contributed by atoms with E-state index in [-0.39, 0.29) is 22.9 Å². The average Bonchev–Trinajstić information content (AvgIpc) is 3.29. The number of ketones is 1. The predicted octanol–water partition coefficient (Wildman–Crippen LogP) is 5.04. The molecular weight excluding hydrogens is 374 g/mol. The second-order valence-electron chi connectivity index (χ2n) is 11.1. The summed E-state index contributed by atoms with van der Waals surface area (Å²) in [7, 11) is 0. The molecule has 4 aliphatic carbocycles. The molecule has 3 saturated carbocycles. The van der Waals surface area contributed by atoms with Gasteiger partial charge in [-0.2, -0.15) is 0 Å². The molecule has 1 aliphatic heterocycles. The fraction of sp³-hybridized carbons (Fsp3) is 0.769. The molecule has 4 fully saturated rings. The van der Waals surface area contributed by atoms with E-state index in [0.717, 1.165) is 63.6 Å². The van der Waals surface area contributed by atoms with E-state index in [0.29, 0.717) is 23.5 Å². The van der Waals surface area contributed by atoms with E-state index in [9.17, 15) is 9.59 Å². The van der Waals surface area contributed by atoms with Crippen molar-refractivity contribution in [3.05, 3.63) is 23.4 Å². The van der Waals surface area contributed by atoms with E-state index in [2.05, 4.69) is 31.0 Å². The number of fused-ring (bicyclic) bond motifs is 5. The van der Waals surface area contributed by atoms with Crippen molar-refractivity contribution in [2.24, 2.45) is 28.6 Å². The summed E-state index contributed by atoms with van der Waals surface area (Å²) in [5, 5.41) is 0. The highest BCUT2D eigenvalue weighted by Crippen LogP contribution is 2.64. The highest BCUT2D eigenvalue weighted by molar-refractivity contribution is 6.02. The molecule has 0 aromatic carbocycles. The maximum absolute atomic E-state index is 13.5. The molecule has 1 saturated heterocycles. The standard InChI is InChI=1S/C26H37NO3/c1-17(28)30-20-8-10-25(2)19(15-20)6-7-21-22(25)9-11-26(3)23(21)14-18(24(26)29)16-27-12-4-5-13-27/h6,16,20-23H,4-5,7-15H2,1-3H3. The number of esters is 1. The van der Waals surface area contributed by atoms with Gasteiger partial charge in [0.25, 0.3) is 0 Å². The minimum absolute atomic E-state index is 0.0512. The predicted molar refractivity (Wildman–Crippen MR) is 117 cm³/mol. The lowest BCUT2D eigenvalue weighted by molar-refractivity contribution is -0.148. The summed E-state index contributed by atoms with van der Waals surface area (Å²) in [4.78, 5) is 27.3. The van der Waals surface area contributed by atoms with Crippen LogP contribution >= 0.6 is 0 Å². The molecule has 1 heterocycles. The van der Waals surface area contributed by atoms with Crippen molar-refractivity contribution in [3.63, 3.8) is 0 Å². The molecule has 5 rings (SSSR count). The Morgan fingerprint density at radius 1 is 1.10 bits per heavy atom. The van der Waals surface area contributed by atoms with Gasteiger partial charge in [0, 0.05) is 43.6 Å². The van der Waals surface area contributed by atoms with Crippen LogP contribution in [-0.2, 0) is 14.3 Å². The molecule has 30 heavy (non-hydrogen) atoms. The Labute approximate surface area is 181 Å². The Morgan fingerprint density at radius 3 is 2.57 bits per heavy atom. The molecule has 6 atom stereocenters. The smallest absolute Gasteiger partial charge is 0.302 e. The van der Waals surface area contributed by atoms with Gasteiger partial charge in [0.05, 0.1) is 0 Å². The number of rotatable bonds is 2. The summed E-state index contributed by atoms with van der Waals surface area (Å²) < 4.78 is 5.56. The number of carbonyl (C=O) groups is 2. The topological polar surface area (TPSA) is 46.6 Å². The number of likely N-dealkylation sites (tertiary alicyclic amines) is 1. The Kier molecular flexibility index (Phi) is 4.91. The fourth-order valence-electron chi connectivity index (χ4n) is 7.84. The monoisotopic (exact) mass is 411 g/mol. The van der Waals surface area contributed by atoms with Crippen LogP contribution in [0.3, 0.4) is 0 Å². The highest BCUT2D eigenvalue weighted by atomic mass is 16.5. The molecule has 4 heteroatoms. The summed E-state index contributed by atoms with van der Waals surface area (Å²) in [5.74, 6) is 2.03. The lowest BCUT2D eigenvalue weighted by Crippen LogP contribution is -2.50. The van der Waals surface area contributed by atoms with E-state index < -0.39 is 0 Å². The fourth-order valence-corrected chi connectivity index (χ4v) is 7.84. The molecule has 4 nitrogen and oxygen atoms in total. The molecule has 0 radical (unpaired) electrons. The SMILES string of the molecule is CC(=O)OC1CCC2(C)C(=CCC3C4CC(=CN5CCCC5)C(=O)C4(C)CCC32)C1. The van der Waals surface area contributed by atoms with Crippen LogP contribution in [-0.4, -0.2) is 35.8 Å². The van der Waals surface area contributed by atoms with Crippen LogP contribution < -0.4 is 0 Å². The van der Waals surface area contributed by atoms with Crippen molar-refractivity contribution >= 4 is 11.8 Å². The zero-order valence-electron chi connectivity index (χ0n) is 18.9. The van der Waals surface area contributed by atoms with E-state index in [1.807, 2.05) is 0 Å². The first-order valence-electron chi connectivity index (χ1n) is 12.2. The first-order chi connectivity index (χ1) is 14.3. The van der Waals surface area contributed by atoms with Crippen LogP contribution in [0.2, 0.25) is 0 Å². The Balaban J connectivity index is 1.40. The summed E-state index contributed by atoms with van der Waals surface area (Å²) in [6, 6.07) is 0. The molecule has 0 N–H and O–H groups in total. The van der Waals surface area contributed by atoms with E-state index >= 15 is 0 Å². The van der Waals surface area contributed by atoms with Gasteiger partial charge >= 0.3 is 5.97 Å². The third kappa shape index (κ3) is 3.08. The molecule has 0 bridgehead atoms. The van der Waals surface area contributed by atoms with E-state index in [4.69, 9.17) is 4.74 Å². The molecule has 0 spiro atoms. The maximum atomic E-state index is 13.5. The second-order valence-corrected chi connectivity index (χ2v) is 11.1. The van der Waals surface area contributed by atoms with Gasteiger partial charge in [0.1, 0.15) is 6.10 Å². The molecule has 164 valence electrons. The first-order valence-corrected chi connectivity index (χ1v) is 12.2. The third-order valence-electron chi connectivity index (χ3n) is 9.51. The van der Waals surface area contributed by atoms with Crippen molar-refractivity contribution in [1.82, 2.24) is 4.90 Å². The Bertz CT molecular complexity index is 807. The molecule has 5 aliphatic rings. The zero-order chi connectivity index (χ0) is 21.1. The number of Topliss-reactive ketones (excluding diaryl/α,β-unsaturated/α-hetero) is 1. The van der Waals surface area contributed by atoms with Crippen LogP contribution in [0.5, 0.6) is 0 Å². The van der Waals surface area contributed by atoms with Crippen LogP contribution in [0.15, 0.2) is 23.4 Å². The number of hydrogen-bond donors (Lipinski definition) is 0. The maximum Gasteiger partial charge on any atom is 0.302 e. The van der Waals surface area contributed by atoms with Crippen LogP contribution in [0.1, 0.15) is 78.6 Å². The normalized spacial score (nSPS) is 44.4. The third-order valence-corrected chi connectivity index (χ3v) is 9.51. The van der Waals surface area contributed by atoms with Gasteiger partial charge in [-0.05, 0) is 74.5 Å². The minimum Gasteiger partial charge on any atom is -0.462 e. The van der Waals surface area contributed by atoms with Crippen LogP contribution in [0.4, 0.5) is 0 Å². The van der Waals surface area contributed by atoms with Crippen molar-refractivity contribution in [2.45, 2.75) is 84.7 Å². The minimum atomic E-state index is -0.163. The number of allylic oxidation sites excluding steroid dienone is 2. The van der Waals surface area contributed by atoms with Gasteiger partial charge in [-0.25, -0.2) is 0 Å². The summed E-state index contributed by atoms with van der Waals surface area (Å²) in [5.41, 5.74) is 2.67. The number of carbonyl (C=O) groups excluding carboxylic acids is 2. The Morgan fingerprint density at radius 2 is 1.83 bits per heavy atom. The van der Waals surface area contributed by atoms with Gasteiger partial charge in [-0.3, -0.25) is 9.59 Å². The number of hydrogen-bond acceptors (Lipinski definition) is 4. The number of nitrogens with zero attached hydrogens (tertiary/aromatic N) is 1. The highest BCUT2D eigenvalue weighted by Gasteiger charge is 2.60. The van der Waals surface area contributed by atoms with Crippen molar-refractivity contribution < 1.29 is 14.3 Å². The lowest BCUT2D eigenvalue weighted by Gasteiger charge is -2.56. The number of ether oxygens (including phenoxy) is 1. The van der Waals surface area contributed by atoms with E-state index in [1.165, 1.54) is 25.3 Å². The van der Waals surface area contributed by atoms with Gasteiger partial charge in [-0.1, -0.05) is 25.5 Å². The van der Waals surface area contributed by atoms with E-state index in [1.54, 1.807) is 0 Å². The van der Waals surface area contributed by atoms with Gasteiger partial charge in [-0.15, -0.1) is 0 Å². The lowest BCUT2D eigenvalue weighted by atomic mass is 9.48. The van der Waals surface area contributed by atoms with Crippen LogP contribution in [0.25, 0.3) is 0 Å². The Hall–Kier alpha value is -1.58. The van der Waals surface area contributed by atoms with Crippen molar-refractivity contribution in [3.8, 4) is 0 Å². The quantitative estimate of drug-likeness (QED) is 0.363. The second kappa shape index (κ2) is 7.24. The first kappa shape index (κ1) is 20.3. The molecule has 0 aromatic rings. The molecular formula is C26H37NO3. The zero-order valence-corrected chi connectivity index (χ0v) is 18.9. The largest absolute Gasteiger partial charge is 0.462 e.